The van der Waals surface area contributed by atoms with Crippen LogP contribution in [0.4, 0.5) is 10.5 Å². The predicted molar refractivity (Wildman–Crippen MR) is 93.7 cm³/mol. The third kappa shape index (κ3) is 2.84. The lowest BCUT2D eigenvalue weighted by atomic mass is 9.43. The summed E-state index contributed by atoms with van der Waals surface area (Å²) >= 11 is 5.99. The molecule has 4 saturated carbocycles. The number of halogens is 1. The highest BCUT2D eigenvalue weighted by molar-refractivity contribution is 6.30. The zero-order valence-corrected chi connectivity index (χ0v) is 14.7. The largest absolute Gasteiger partial charge is 0.332 e. The van der Waals surface area contributed by atoms with E-state index in [1.54, 1.807) is 6.07 Å². The van der Waals surface area contributed by atoms with Gasteiger partial charge in [0.25, 0.3) is 0 Å². The molecule has 0 saturated heterocycles. The van der Waals surface area contributed by atoms with Crippen molar-refractivity contribution >= 4 is 23.3 Å². The van der Waals surface area contributed by atoms with Gasteiger partial charge < -0.3 is 10.6 Å². The second-order valence-corrected chi connectivity index (χ2v) is 9.44. The molecule has 2 N–H and O–H groups in total. The summed E-state index contributed by atoms with van der Waals surface area (Å²) in [5.74, 6) is 0.771. The van der Waals surface area contributed by atoms with Crippen LogP contribution >= 0.6 is 11.6 Å². The number of urea groups is 1. The average Bonchev–Trinajstić information content (AvgIpc) is 2.32. The molecule has 0 spiro atoms. The molecule has 0 heterocycles. The van der Waals surface area contributed by atoms with E-state index in [0.29, 0.717) is 15.9 Å². The predicted octanol–water partition coefficient (Wildman–Crippen LogP) is 5.21. The summed E-state index contributed by atoms with van der Waals surface area (Å²) in [6.45, 7) is 4.84. The SMILES string of the molecule is C[C@]12CC3CC(NC(=O)Nc4cccc(Cl)c4)(C1)C[C@@](C)(C3)C2. The van der Waals surface area contributed by atoms with Gasteiger partial charge in [-0.2, -0.15) is 0 Å². The van der Waals surface area contributed by atoms with E-state index < -0.39 is 0 Å². The van der Waals surface area contributed by atoms with Crippen LogP contribution in [-0.2, 0) is 0 Å². The maximum absolute atomic E-state index is 12.6. The van der Waals surface area contributed by atoms with Crippen LogP contribution in [0.2, 0.25) is 5.02 Å². The second-order valence-electron chi connectivity index (χ2n) is 9.00. The third-order valence-corrected chi connectivity index (χ3v) is 6.32. The van der Waals surface area contributed by atoms with Crippen molar-refractivity contribution in [3.8, 4) is 0 Å². The Balaban J connectivity index is 1.51. The summed E-state index contributed by atoms with van der Waals surface area (Å²) in [6, 6.07) is 7.22. The Morgan fingerprint density at radius 3 is 2.43 bits per heavy atom. The summed E-state index contributed by atoms with van der Waals surface area (Å²) in [7, 11) is 0. The van der Waals surface area contributed by atoms with Crippen molar-refractivity contribution in [1.82, 2.24) is 5.32 Å². The van der Waals surface area contributed by atoms with E-state index in [9.17, 15) is 4.79 Å². The Kier molecular flexibility index (Phi) is 3.26. The van der Waals surface area contributed by atoms with Gasteiger partial charge in [0, 0.05) is 16.2 Å². The van der Waals surface area contributed by atoms with E-state index in [1.165, 1.54) is 19.3 Å². The number of hydrogen-bond acceptors (Lipinski definition) is 1. The zero-order chi connectivity index (χ0) is 16.3. The Morgan fingerprint density at radius 2 is 1.83 bits per heavy atom. The smallest absolute Gasteiger partial charge is 0.319 e. The van der Waals surface area contributed by atoms with Crippen LogP contribution in [-0.4, -0.2) is 11.6 Å². The molecule has 124 valence electrons. The fourth-order valence-corrected chi connectivity index (χ4v) is 6.75. The van der Waals surface area contributed by atoms with Gasteiger partial charge in [-0.15, -0.1) is 0 Å². The molecule has 0 aromatic heterocycles. The maximum atomic E-state index is 12.6. The van der Waals surface area contributed by atoms with Gasteiger partial charge in [-0.3, -0.25) is 0 Å². The van der Waals surface area contributed by atoms with E-state index in [4.69, 9.17) is 11.6 Å². The van der Waals surface area contributed by atoms with Crippen molar-refractivity contribution in [2.45, 2.75) is 57.9 Å². The lowest BCUT2D eigenvalue weighted by molar-refractivity contribution is -0.113. The van der Waals surface area contributed by atoms with Crippen molar-refractivity contribution in [3.63, 3.8) is 0 Å². The fourth-order valence-electron chi connectivity index (χ4n) is 6.56. The Bertz CT molecular complexity index is 641. The van der Waals surface area contributed by atoms with Gasteiger partial charge in [0.15, 0.2) is 0 Å². The van der Waals surface area contributed by atoms with Crippen molar-refractivity contribution < 1.29 is 4.79 Å². The topological polar surface area (TPSA) is 41.1 Å². The van der Waals surface area contributed by atoms with Crippen LogP contribution in [0, 0.1) is 16.7 Å². The van der Waals surface area contributed by atoms with Crippen LogP contribution in [0.15, 0.2) is 24.3 Å². The zero-order valence-electron chi connectivity index (χ0n) is 13.9. The Morgan fingerprint density at radius 1 is 1.13 bits per heavy atom. The van der Waals surface area contributed by atoms with Gasteiger partial charge in [-0.1, -0.05) is 31.5 Å². The molecule has 23 heavy (non-hydrogen) atoms. The van der Waals surface area contributed by atoms with Gasteiger partial charge in [-0.05, 0) is 73.5 Å². The number of anilines is 1. The van der Waals surface area contributed by atoms with Crippen molar-refractivity contribution in [1.29, 1.82) is 0 Å². The van der Waals surface area contributed by atoms with Crippen LogP contribution in [0.3, 0.4) is 0 Å². The Labute approximate surface area is 143 Å². The molecule has 4 heteroatoms. The average molecular weight is 333 g/mol. The molecule has 4 bridgehead atoms. The maximum Gasteiger partial charge on any atom is 0.319 e. The molecule has 2 amide bonds. The number of carbonyl (C=O) groups excluding carboxylic acids is 1. The standard InChI is InChI=1S/C19H25ClN2O/c1-17-7-13-8-18(2,10-17)12-19(9-13,11-17)22-16(23)21-15-5-3-4-14(20)6-15/h3-6,13H,7-12H2,1-2H3,(H2,21,22,23)/t13?,17-,18+,19?. The molecule has 3 nitrogen and oxygen atoms in total. The summed E-state index contributed by atoms with van der Waals surface area (Å²) < 4.78 is 0. The highest BCUT2D eigenvalue weighted by atomic mass is 35.5. The number of carbonyl (C=O) groups is 1. The van der Waals surface area contributed by atoms with Gasteiger partial charge in [0.1, 0.15) is 0 Å². The van der Waals surface area contributed by atoms with Crippen molar-refractivity contribution in [3.05, 3.63) is 29.3 Å². The minimum Gasteiger partial charge on any atom is -0.332 e. The number of amides is 2. The minimum atomic E-state index is -0.0959. The third-order valence-electron chi connectivity index (χ3n) is 6.09. The fraction of sp³-hybridized carbons (Fsp3) is 0.632. The monoisotopic (exact) mass is 332 g/mol. The first-order valence-corrected chi connectivity index (χ1v) is 9.00. The van der Waals surface area contributed by atoms with E-state index in [0.717, 1.165) is 30.9 Å². The summed E-state index contributed by atoms with van der Waals surface area (Å²) in [5.41, 5.74) is 1.53. The first-order valence-electron chi connectivity index (χ1n) is 8.62. The number of benzene rings is 1. The molecule has 4 aliphatic carbocycles. The molecule has 4 fully saturated rings. The second kappa shape index (κ2) is 4.89. The van der Waals surface area contributed by atoms with E-state index >= 15 is 0 Å². The van der Waals surface area contributed by atoms with Crippen LogP contribution < -0.4 is 10.6 Å². The minimum absolute atomic E-state index is 0.0222. The number of hydrogen-bond donors (Lipinski definition) is 2. The molecule has 2 unspecified atom stereocenters. The summed E-state index contributed by atoms with van der Waals surface area (Å²) in [6.07, 6.45) is 7.37. The van der Waals surface area contributed by atoms with E-state index in [-0.39, 0.29) is 11.6 Å². The van der Waals surface area contributed by atoms with E-state index in [1.807, 2.05) is 18.2 Å². The molecule has 1 aromatic rings. The summed E-state index contributed by atoms with van der Waals surface area (Å²) in [5, 5.41) is 6.93. The van der Waals surface area contributed by atoms with Crippen LogP contribution in [0.1, 0.15) is 52.4 Å². The number of nitrogens with one attached hydrogen (secondary N) is 2. The molecule has 1 aromatic carbocycles. The molecule has 0 aliphatic heterocycles. The highest BCUT2D eigenvalue weighted by Gasteiger charge is 2.60. The molecule has 4 atom stereocenters. The molecule has 4 aliphatic rings. The number of rotatable bonds is 2. The van der Waals surface area contributed by atoms with Gasteiger partial charge in [0.2, 0.25) is 0 Å². The normalized spacial score (nSPS) is 40.9. The van der Waals surface area contributed by atoms with Gasteiger partial charge in [-0.25, -0.2) is 4.79 Å². The van der Waals surface area contributed by atoms with Gasteiger partial charge in [0.05, 0.1) is 0 Å². The Hall–Kier alpha value is -1.22. The highest BCUT2D eigenvalue weighted by Crippen LogP contribution is 2.66. The van der Waals surface area contributed by atoms with Crippen molar-refractivity contribution in [2.75, 3.05) is 5.32 Å². The quantitative estimate of drug-likeness (QED) is 0.766. The lowest BCUT2D eigenvalue weighted by Crippen LogP contribution is -2.65. The molecule has 0 radical (unpaired) electrons. The lowest BCUT2D eigenvalue weighted by Gasteiger charge is -2.65. The molecular formula is C19H25ClN2O. The van der Waals surface area contributed by atoms with Crippen molar-refractivity contribution in [2.24, 2.45) is 16.7 Å². The summed E-state index contributed by atoms with van der Waals surface area (Å²) in [4.78, 5) is 12.6. The van der Waals surface area contributed by atoms with E-state index in [2.05, 4.69) is 24.5 Å². The van der Waals surface area contributed by atoms with Gasteiger partial charge >= 0.3 is 6.03 Å². The first-order chi connectivity index (χ1) is 10.8. The van der Waals surface area contributed by atoms with Crippen LogP contribution in [0.5, 0.6) is 0 Å². The molecule has 5 rings (SSSR count). The molecular weight excluding hydrogens is 308 g/mol. The first kappa shape index (κ1) is 15.3. The van der Waals surface area contributed by atoms with Crippen LogP contribution in [0.25, 0.3) is 0 Å².